The number of benzene rings is 1. The van der Waals surface area contributed by atoms with Gasteiger partial charge in [0.1, 0.15) is 0 Å². The van der Waals surface area contributed by atoms with Crippen molar-refractivity contribution >= 4 is 0 Å². The first-order valence-electron chi connectivity index (χ1n) is 4.08. The summed E-state index contributed by atoms with van der Waals surface area (Å²) in [6, 6.07) is 7.54. The van der Waals surface area contributed by atoms with E-state index in [-0.39, 0.29) is 5.41 Å². The minimum Gasteiger partial charge on any atom is -0.239 e. The van der Waals surface area contributed by atoms with Crippen molar-refractivity contribution in [3.8, 4) is 0 Å². The molecule has 1 heteroatoms. The fraction of sp³-hybridized carbons (Fsp3) is 0.364. The number of halogens is 1. The van der Waals surface area contributed by atoms with Gasteiger partial charge in [0.05, 0.1) is 0 Å². The predicted octanol–water partition coefficient (Wildman–Crippen LogP) is 3.46. The maximum absolute atomic E-state index is 12.4. The summed E-state index contributed by atoms with van der Waals surface area (Å²) in [6.07, 6.45) is 0. The quantitative estimate of drug-likeness (QED) is 0.597. The van der Waals surface area contributed by atoms with Gasteiger partial charge in [-0.15, -0.1) is 0 Å². The first kappa shape index (κ1) is 9.24. The molecule has 1 rings (SSSR count). The van der Waals surface area contributed by atoms with Crippen molar-refractivity contribution in [1.82, 2.24) is 0 Å². The van der Waals surface area contributed by atoms with Crippen LogP contribution >= 0.6 is 0 Å². The Labute approximate surface area is 73.4 Å². The largest absolute Gasteiger partial charge is 0.239 e. The highest BCUT2D eigenvalue weighted by Gasteiger charge is 2.16. The molecule has 1 aromatic carbocycles. The SMILES string of the molecule is CC(C)(C)c1ccccc1[CH]F. The van der Waals surface area contributed by atoms with E-state index in [9.17, 15) is 4.39 Å². The van der Waals surface area contributed by atoms with E-state index >= 15 is 0 Å². The third-order valence-electron chi connectivity index (χ3n) is 1.89. The Morgan fingerprint density at radius 3 is 2.17 bits per heavy atom. The molecule has 0 aliphatic heterocycles. The van der Waals surface area contributed by atoms with Crippen LogP contribution in [0.2, 0.25) is 0 Å². The highest BCUT2D eigenvalue weighted by Crippen LogP contribution is 2.26. The highest BCUT2D eigenvalue weighted by molar-refractivity contribution is 5.35. The monoisotopic (exact) mass is 165 g/mol. The Morgan fingerprint density at radius 2 is 1.75 bits per heavy atom. The summed E-state index contributed by atoms with van der Waals surface area (Å²) in [5.74, 6) is 0. The Kier molecular flexibility index (Phi) is 2.51. The summed E-state index contributed by atoms with van der Waals surface area (Å²) in [6.45, 7) is 6.90. The van der Waals surface area contributed by atoms with Crippen molar-refractivity contribution in [2.75, 3.05) is 0 Å². The average Bonchev–Trinajstić information content (AvgIpc) is 2.03. The van der Waals surface area contributed by atoms with E-state index in [2.05, 4.69) is 20.8 Å². The van der Waals surface area contributed by atoms with Crippen molar-refractivity contribution < 1.29 is 4.39 Å². The topological polar surface area (TPSA) is 0 Å². The molecule has 0 fully saturated rings. The second kappa shape index (κ2) is 3.26. The smallest absolute Gasteiger partial charge is 0.161 e. The molecule has 65 valence electrons. The molecule has 0 unspecified atom stereocenters. The molecule has 0 saturated carbocycles. The summed E-state index contributed by atoms with van der Waals surface area (Å²) >= 11 is 0. The maximum atomic E-state index is 12.4. The van der Waals surface area contributed by atoms with Crippen LogP contribution in [0.25, 0.3) is 0 Å². The van der Waals surface area contributed by atoms with E-state index in [1.54, 1.807) is 6.07 Å². The molecule has 0 saturated heterocycles. The van der Waals surface area contributed by atoms with E-state index in [0.717, 1.165) is 5.56 Å². The zero-order valence-corrected chi connectivity index (χ0v) is 7.76. The molecule has 1 radical (unpaired) electrons. The van der Waals surface area contributed by atoms with Gasteiger partial charge < -0.3 is 0 Å². The molecule has 0 bridgehead atoms. The van der Waals surface area contributed by atoms with Crippen LogP contribution in [0.5, 0.6) is 0 Å². The van der Waals surface area contributed by atoms with Gasteiger partial charge in [-0.05, 0) is 16.5 Å². The molecule has 0 heterocycles. The molecule has 0 amide bonds. The number of rotatable bonds is 1. The molecule has 0 atom stereocenters. The van der Waals surface area contributed by atoms with Gasteiger partial charge >= 0.3 is 0 Å². The van der Waals surface area contributed by atoms with Crippen LogP contribution in [0.1, 0.15) is 31.9 Å². The van der Waals surface area contributed by atoms with Crippen LogP contribution in [0.3, 0.4) is 0 Å². The highest BCUT2D eigenvalue weighted by atomic mass is 19.1. The van der Waals surface area contributed by atoms with Crippen LogP contribution < -0.4 is 0 Å². The zero-order chi connectivity index (χ0) is 9.19. The second-order valence-electron chi connectivity index (χ2n) is 3.95. The third kappa shape index (κ3) is 1.84. The molecule has 0 aliphatic rings. The Morgan fingerprint density at radius 1 is 1.17 bits per heavy atom. The standard InChI is InChI=1S/C11H14F/c1-11(2,3)10-7-5-4-6-9(10)8-12/h4-8H,1-3H3. The summed E-state index contributed by atoms with van der Waals surface area (Å²) in [5, 5.41) is 0. The molecule has 0 aromatic heterocycles. The van der Waals surface area contributed by atoms with Crippen LogP contribution in [-0.2, 0) is 5.41 Å². The summed E-state index contributed by atoms with van der Waals surface area (Å²) in [5.41, 5.74) is 1.75. The van der Waals surface area contributed by atoms with Gasteiger partial charge in [-0.25, -0.2) is 4.39 Å². The first-order valence-corrected chi connectivity index (χ1v) is 4.08. The van der Waals surface area contributed by atoms with Crippen LogP contribution in [0, 0.1) is 6.67 Å². The molecular formula is C11H14F. The molecule has 12 heavy (non-hydrogen) atoms. The fourth-order valence-electron chi connectivity index (χ4n) is 1.28. The molecular weight excluding hydrogens is 151 g/mol. The van der Waals surface area contributed by atoms with Crippen LogP contribution in [0.15, 0.2) is 24.3 Å². The molecule has 0 nitrogen and oxygen atoms in total. The van der Waals surface area contributed by atoms with E-state index in [1.807, 2.05) is 18.2 Å². The van der Waals surface area contributed by atoms with Gasteiger partial charge in [-0.1, -0.05) is 45.0 Å². The van der Waals surface area contributed by atoms with Gasteiger partial charge in [-0.3, -0.25) is 0 Å². The zero-order valence-electron chi connectivity index (χ0n) is 7.76. The maximum Gasteiger partial charge on any atom is 0.161 e. The van der Waals surface area contributed by atoms with E-state index in [4.69, 9.17) is 0 Å². The lowest BCUT2D eigenvalue weighted by Gasteiger charge is -2.21. The van der Waals surface area contributed by atoms with Crippen molar-refractivity contribution in [2.45, 2.75) is 26.2 Å². The average molecular weight is 165 g/mol. The Bertz CT molecular complexity index is 258. The second-order valence-corrected chi connectivity index (χ2v) is 3.95. The summed E-state index contributed by atoms with van der Waals surface area (Å²) < 4.78 is 12.4. The minimum atomic E-state index is 0.0131. The Hall–Kier alpha value is -0.850. The summed E-state index contributed by atoms with van der Waals surface area (Å²) in [7, 11) is 0. The van der Waals surface area contributed by atoms with Crippen LogP contribution in [-0.4, -0.2) is 0 Å². The normalized spacial score (nSPS) is 11.7. The van der Waals surface area contributed by atoms with Gasteiger partial charge in [0, 0.05) is 0 Å². The first-order chi connectivity index (χ1) is 5.55. The van der Waals surface area contributed by atoms with Crippen molar-refractivity contribution in [3.05, 3.63) is 42.1 Å². The van der Waals surface area contributed by atoms with E-state index in [1.165, 1.54) is 0 Å². The lowest BCUT2D eigenvalue weighted by atomic mass is 9.84. The Balaban J connectivity index is 3.14. The van der Waals surface area contributed by atoms with Crippen molar-refractivity contribution in [2.24, 2.45) is 0 Å². The minimum absolute atomic E-state index is 0.0131. The van der Waals surface area contributed by atoms with Crippen molar-refractivity contribution in [1.29, 1.82) is 0 Å². The van der Waals surface area contributed by atoms with E-state index < -0.39 is 0 Å². The predicted molar refractivity (Wildman–Crippen MR) is 49.7 cm³/mol. The molecule has 0 spiro atoms. The number of hydrogen-bond acceptors (Lipinski definition) is 0. The fourth-order valence-corrected chi connectivity index (χ4v) is 1.28. The van der Waals surface area contributed by atoms with Gasteiger partial charge in [0.2, 0.25) is 0 Å². The molecule has 0 aliphatic carbocycles. The van der Waals surface area contributed by atoms with Crippen molar-refractivity contribution in [3.63, 3.8) is 0 Å². The van der Waals surface area contributed by atoms with Gasteiger partial charge in [-0.2, -0.15) is 0 Å². The summed E-state index contributed by atoms with van der Waals surface area (Å²) in [4.78, 5) is 0. The van der Waals surface area contributed by atoms with Crippen LogP contribution in [0.4, 0.5) is 4.39 Å². The third-order valence-corrected chi connectivity index (χ3v) is 1.89. The lowest BCUT2D eigenvalue weighted by Crippen LogP contribution is -2.13. The molecule has 1 aromatic rings. The molecule has 0 N–H and O–H groups in total. The van der Waals surface area contributed by atoms with Gasteiger partial charge in [0.15, 0.2) is 6.67 Å². The van der Waals surface area contributed by atoms with E-state index in [0.29, 0.717) is 12.2 Å². The lowest BCUT2D eigenvalue weighted by molar-refractivity contribution is 0.571. The number of hydrogen-bond donors (Lipinski definition) is 0. The van der Waals surface area contributed by atoms with Gasteiger partial charge in [0.25, 0.3) is 0 Å².